The van der Waals surface area contributed by atoms with Crippen molar-refractivity contribution in [2.24, 2.45) is 0 Å². The maximum absolute atomic E-state index is 11.6. The molecule has 1 aliphatic carbocycles. The van der Waals surface area contributed by atoms with E-state index < -0.39 is 0 Å². The number of pyridine rings is 2. The Bertz CT molecular complexity index is 1290. The molecule has 156 valence electrons. The summed E-state index contributed by atoms with van der Waals surface area (Å²) in [7, 11) is 0. The number of fused-ring (bicyclic) bond motifs is 3. The number of rotatable bonds is 4. The van der Waals surface area contributed by atoms with Crippen molar-refractivity contribution in [3.8, 4) is 27.5 Å². The number of carbonyl (C=O) groups is 1. The number of nitrogens with one attached hydrogen (secondary N) is 1. The van der Waals surface area contributed by atoms with Crippen LogP contribution in [0.4, 0.5) is 5.13 Å². The van der Waals surface area contributed by atoms with Gasteiger partial charge in [0.15, 0.2) is 5.13 Å². The fraction of sp³-hybridized carbons (Fsp3) is 0.261. The van der Waals surface area contributed by atoms with Crippen molar-refractivity contribution in [3.05, 3.63) is 59.3 Å². The zero-order valence-corrected chi connectivity index (χ0v) is 18.5. The molecule has 1 N–H and O–H groups in total. The van der Waals surface area contributed by atoms with Gasteiger partial charge in [-0.3, -0.25) is 14.8 Å². The molecule has 8 heteroatoms. The average molecular weight is 431 g/mol. The molecule has 0 aliphatic heterocycles. The lowest BCUT2D eigenvalue weighted by Crippen LogP contribution is -2.07. The van der Waals surface area contributed by atoms with Gasteiger partial charge in [0.2, 0.25) is 5.91 Å². The number of carbonyl (C=O) groups excluding carboxylic acids is 1. The van der Waals surface area contributed by atoms with Gasteiger partial charge in [0.1, 0.15) is 0 Å². The minimum Gasteiger partial charge on any atom is -0.302 e. The van der Waals surface area contributed by atoms with Crippen LogP contribution in [0.25, 0.3) is 27.5 Å². The summed E-state index contributed by atoms with van der Waals surface area (Å²) in [6.07, 6.45) is 6.24. The first-order valence-corrected chi connectivity index (χ1v) is 11.1. The molecule has 4 aromatic heterocycles. The van der Waals surface area contributed by atoms with Gasteiger partial charge in [-0.2, -0.15) is 5.10 Å². The van der Waals surface area contributed by atoms with Crippen LogP contribution in [-0.2, 0) is 24.1 Å². The summed E-state index contributed by atoms with van der Waals surface area (Å²) in [6.45, 7) is 5.59. The molecule has 31 heavy (non-hydrogen) atoms. The van der Waals surface area contributed by atoms with Gasteiger partial charge in [-0.05, 0) is 50.5 Å². The standard InChI is InChI=1S/C23H22N6OS/c1-4-16-8-7-15(12-25-16)20-17-9-10-18-22(31-23(27-18)26-14(3)30)21(17)29(28-20)19-6-5-11-24-13(19)2/h5-8,11-12H,4,9-10H2,1-3H3,(H,26,27,30). The molecule has 1 amide bonds. The van der Waals surface area contributed by atoms with E-state index in [1.54, 1.807) is 6.20 Å². The van der Waals surface area contributed by atoms with Gasteiger partial charge in [-0.25, -0.2) is 9.67 Å². The van der Waals surface area contributed by atoms with Crippen molar-refractivity contribution in [1.82, 2.24) is 24.7 Å². The van der Waals surface area contributed by atoms with Crippen molar-refractivity contribution >= 4 is 22.4 Å². The number of amides is 1. The molecule has 4 heterocycles. The smallest absolute Gasteiger partial charge is 0.223 e. The van der Waals surface area contributed by atoms with Gasteiger partial charge >= 0.3 is 0 Å². The lowest BCUT2D eigenvalue weighted by atomic mass is 9.95. The van der Waals surface area contributed by atoms with Gasteiger partial charge in [0, 0.05) is 36.1 Å². The SMILES string of the molecule is CCc1ccc(-c2nn(-c3cccnc3C)c3c2CCc2nc(NC(C)=O)sc2-3)cn1. The predicted molar refractivity (Wildman–Crippen MR) is 122 cm³/mol. The minimum absolute atomic E-state index is 0.120. The topological polar surface area (TPSA) is 85.6 Å². The monoisotopic (exact) mass is 430 g/mol. The van der Waals surface area contributed by atoms with Crippen LogP contribution in [-0.4, -0.2) is 30.6 Å². The van der Waals surface area contributed by atoms with Crippen LogP contribution in [0.1, 0.15) is 36.5 Å². The van der Waals surface area contributed by atoms with Crippen molar-refractivity contribution in [2.75, 3.05) is 5.32 Å². The summed E-state index contributed by atoms with van der Waals surface area (Å²) in [4.78, 5) is 26.3. The van der Waals surface area contributed by atoms with Crippen molar-refractivity contribution in [3.63, 3.8) is 0 Å². The van der Waals surface area contributed by atoms with Crippen molar-refractivity contribution < 1.29 is 4.79 Å². The summed E-state index contributed by atoms with van der Waals surface area (Å²) < 4.78 is 1.98. The van der Waals surface area contributed by atoms with E-state index in [1.807, 2.05) is 29.9 Å². The summed E-state index contributed by atoms with van der Waals surface area (Å²) >= 11 is 1.50. The van der Waals surface area contributed by atoms with Crippen molar-refractivity contribution in [1.29, 1.82) is 0 Å². The second-order valence-electron chi connectivity index (χ2n) is 7.56. The van der Waals surface area contributed by atoms with Crippen LogP contribution >= 0.6 is 11.3 Å². The number of anilines is 1. The third kappa shape index (κ3) is 3.42. The Labute approximate surface area is 184 Å². The maximum atomic E-state index is 11.6. The molecule has 5 rings (SSSR count). The normalized spacial score (nSPS) is 12.4. The second-order valence-corrected chi connectivity index (χ2v) is 8.56. The number of aromatic nitrogens is 5. The van der Waals surface area contributed by atoms with E-state index in [9.17, 15) is 4.79 Å². The number of hydrogen-bond donors (Lipinski definition) is 1. The molecule has 0 saturated carbocycles. The maximum Gasteiger partial charge on any atom is 0.223 e. The molecule has 7 nitrogen and oxygen atoms in total. The highest BCUT2D eigenvalue weighted by atomic mass is 32.1. The first-order valence-electron chi connectivity index (χ1n) is 10.3. The van der Waals surface area contributed by atoms with Gasteiger partial charge in [0.05, 0.1) is 33.3 Å². The van der Waals surface area contributed by atoms with Gasteiger partial charge in [-0.15, -0.1) is 0 Å². The van der Waals surface area contributed by atoms with E-state index in [2.05, 4.69) is 39.3 Å². The van der Waals surface area contributed by atoms with Crippen LogP contribution in [0.3, 0.4) is 0 Å². The summed E-state index contributed by atoms with van der Waals surface area (Å²) in [6, 6.07) is 8.11. The van der Waals surface area contributed by atoms with Gasteiger partial charge in [-0.1, -0.05) is 18.3 Å². The Morgan fingerprint density at radius 1 is 1.23 bits per heavy atom. The molecule has 0 radical (unpaired) electrons. The fourth-order valence-corrected chi connectivity index (χ4v) is 5.07. The predicted octanol–water partition coefficient (Wildman–Crippen LogP) is 4.38. The Hall–Kier alpha value is -3.39. The van der Waals surface area contributed by atoms with E-state index in [-0.39, 0.29) is 5.91 Å². The molecule has 4 aromatic rings. The van der Waals surface area contributed by atoms with E-state index in [0.29, 0.717) is 5.13 Å². The number of hydrogen-bond acceptors (Lipinski definition) is 6. The molecular formula is C23H22N6OS. The molecule has 1 aliphatic rings. The van der Waals surface area contributed by atoms with Crippen LogP contribution in [0.2, 0.25) is 0 Å². The number of thiazole rings is 1. The molecule has 0 spiro atoms. The average Bonchev–Trinajstić information content (AvgIpc) is 3.34. The van der Waals surface area contributed by atoms with Crippen LogP contribution < -0.4 is 5.32 Å². The molecule has 0 fully saturated rings. The van der Waals surface area contributed by atoms with E-state index in [0.717, 1.165) is 63.9 Å². The van der Waals surface area contributed by atoms with Crippen LogP contribution in [0, 0.1) is 6.92 Å². The van der Waals surface area contributed by atoms with Crippen molar-refractivity contribution in [2.45, 2.75) is 40.0 Å². The second kappa shape index (κ2) is 7.70. The van der Waals surface area contributed by atoms with Crippen LogP contribution in [0.15, 0.2) is 36.7 Å². The van der Waals surface area contributed by atoms with Gasteiger partial charge in [0.25, 0.3) is 0 Å². The highest BCUT2D eigenvalue weighted by molar-refractivity contribution is 7.19. The third-order valence-corrected chi connectivity index (χ3v) is 6.48. The molecule has 0 unspecified atom stereocenters. The Kier molecular flexibility index (Phi) is 4.86. The quantitative estimate of drug-likeness (QED) is 0.519. The van der Waals surface area contributed by atoms with E-state index in [1.165, 1.54) is 23.8 Å². The van der Waals surface area contributed by atoms with E-state index in [4.69, 9.17) is 5.10 Å². The lowest BCUT2D eigenvalue weighted by Gasteiger charge is -2.14. The first-order chi connectivity index (χ1) is 15.0. The first kappa shape index (κ1) is 19.6. The summed E-state index contributed by atoms with van der Waals surface area (Å²) in [5, 5.41) is 8.50. The summed E-state index contributed by atoms with van der Waals surface area (Å²) in [5.41, 5.74) is 8.04. The van der Waals surface area contributed by atoms with Crippen LogP contribution in [0.5, 0.6) is 0 Å². The number of nitrogens with zero attached hydrogens (tertiary/aromatic N) is 5. The fourth-order valence-electron chi connectivity index (χ4n) is 3.95. The Morgan fingerprint density at radius 2 is 2.10 bits per heavy atom. The van der Waals surface area contributed by atoms with E-state index >= 15 is 0 Å². The summed E-state index contributed by atoms with van der Waals surface area (Å²) in [5.74, 6) is -0.120. The highest BCUT2D eigenvalue weighted by Gasteiger charge is 2.30. The zero-order chi connectivity index (χ0) is 21.5. The largest absolute Gasteiger partial charge is 0.302 e. The zero-order valence-electron chi connectivity index (χ0n) is 17.6. The molecular weight excluding hydrogens is 408 g/mol. The number of aryl methyl sites for hydroxylation is 3. The third-order valence-electron chi connectivity index (χ3n) is 5.46. The van der Waals surface area contributed by atoms with Gasteiger partial charge < -0.3 is 5.32 Å². The Morgan fingerprint density at radius 3 is 2.81 bits per heavy atom. The minimum atomic E-state index is -0.120. The molecule has 0 aromatic carbocycles. The highest BCUT2D eigenvalue weighted by Crippen LogP contribution is 2.44. The Balaban J connectivity index is 1.73. The molecule has 0 bridgehead atoms. The molecule has 0 atom stereocenters. The lowest BCUT2D eigenvalue weighted by molar-refractivity contribution is -0.114. The molecule has 0 saturated heterocycles.